The first-order valence-electron chi connectivity index (χ1n) is 12.2. The molecule has 0 aromatic heterocycles. The molecule has 0 heterocycles. The fourth-order valence-electron chi connectivity index (χ4n) is 4.21. The van der Waals surface area contributed by atoms with Crippen molar-refractivity contribution in [2.24, 2.45) is 0 Å². The minimum Gasteiger partial charge on any atom is -0.357 e. The molecule has 7 nitrogen and oxygen atoms in total. The van der Waals surface area contributed by atoms with Gasteiger partial charge in [0.2, 0.25) is 11.8 Å². The summed E-state index contributed by atoms with van der Waals surface area (Å²) < 4.78 is 28.9. The van der Waals surface area contributed by atoms with E-state index in [2.05, 4.69) is 5.32 Å². The summed E-state index contributed by atoms with van der Waals surface area (Å²) in [5, 5.41) is 3.28. The molecule has 38 heavy (non-hydrogen) atoms. The van der Waals surface area contributed by atoms with Gasteiger partial charge in [0.05, 0.1) is 20.6 Å². The molecular formula is C28H31Cl2N3O4S. The summed E-state index contributed by atoms with van der Waals surface area (Å²) in [6.45, 7) is 3.25. The van der Waals surface area contributed by atoms with Crippen molar-refractivity contribution in [3.8, 4) is 0 Å². The Balaban J connectivity index is 2.09. The zero-order chi connectivity index (χ0) is 27.9. The van der Waals surface area contributed by atoms with Crippen LogP contribution in [-0.4, -0.2) is 44.8 Å². The number of hydrogen-bond acceptors (Lipinski definition) is 4. The van der Waals surface area contributed by atoms with Gasteiger partial charge in [0.15, 0.2) is 0 Å². The number of nitrogens with one attached hydrogen (secondary N) is 1. The van der Waals surface area contributed by atoms with Crippen molar-refractivity contribution in [2.75, 3.05) is 17.9 Å². The monoisotopic (exact) mass is 575 g/mol. The molecule has 0 bridgehead atoms. The summed E-state index contributed by atoms with van der Waals surface area (Å²) in [6.07, 6.45) is 0.887. The van der Waals surface area contributed by atoms with Crippen molar-refractivity contribution in [1.29, 1.82) is 0 Å². The van der Waals surface area contributed by atoms with Gasteiger partial charge in [0, 0.05) is 13.6 Å². The van der Waals surface area contributed by atoms with Crippen LogP contribution in [-0.2, 0) is 32.6 Å². The second kappa shape index (κ2) is 13.1. The second-order valence-corrected chi connectivity index (χ2v) is 11.3. The molecule has 0 saturated heterocycles. The lowest BCUT2D eigenvalue weighted by molar-refractivity contribution is -0.140. The first kappa shape index (κ1) is 29.5. The van der Waals surface area contributed by atoms with Gasteiger partial charge in [-0.1, -0.05) is 79.5 Å². The van der Waals surface area contributed by atoms with E-state index in [0.717, 1.165) is 9.87 Å². The van der Waals surface area contributed by atoms with Gasteiger partial charge in [0.25, 0.3) is 10.0 Å². The van der Waals surface area contributed by atoms with Gasteiger partial charge in [0.1, 0.15) is 12.6 Å². The third-order valence-electron chi connectivity index (χ3n) is 6.22. The van der Waals surface area contributed by atoms with Crippen LogP contribution in [0.3, 0.4) is 0 Å². The van der Waals surface area contributed by atoms with Crippen LogP contribution in [0.2, 0.25) is 10.0 Å². The van der Waals surface area contributed by atoms with E-state index >= 15 is 0 Å². The quantitative estimate of drug-likeness (QED) is 0.336. The molecule has 0 aliphatic rings. The Morgan fingerprint density at radius 3 is 2.18 bits per heavy atom. The van der Waals surface area contributed by atoms with E-state index in [1.54, 1.807) is 55.5 Å². The minimum absolute atomic E-state index is 0.0380. The van der Waals surface area contributed by atoms with Gasteiger partial charge in [-0.25, -0.2) is 8.42 Å². The summed E-state index contributed by atoms with van der Waals surface area (Å²) in [6, 6.07) is 19.2. The maximum atomic E-state index is 14.0. The Morgan fingerprint density at radius 1 is 0.921 bits per heavy atom. The SMILES string of the molecule is CCc1ccccc1N(CC(=O)N(Cc1ccc(Cl)c(Cl)c1)C(CC)C(=O)NC)S(=O)(=O)c1ccccc1. The summed E-state index contributed by atoms with van der Waals surface area (Å²) >= 11 is 12.3. The fourth-order valence-corrected chi connectivity index (χ4v) is 6.00. The standard InChI is InChI=1S/C28H31Cl2N3O4S/c1-4-21-11-9-10-14-26(21)33(38(36,37)22-12-7-6-8-13-22)19-27(34)32(25(5-2)28(35)31-3)18-20-15-16-23(29)24(30)17-20/h6-17,25H,4-5,18-19H2,1-3H3,(H,31,35). The van der Waals surface area contributed by atoms with Crippen molar-refractivity contribution in [1.82, 2.24) is 10.2 Å². The summed E-state index contributed by atoms with van der Waals surface area (Å²) in [7, 11) is -2.62. The molecule has 0 aliphatic carbocycles. The molecule has 3 rings (SSSR count). The van der Waals surface area contributed by atoms with E-state index in [1.807, 2.05) is 19.1 Å². The molecule has 3 aromatic rings. The Hall–Kier alpha value is -3.07. The van der Waals surface area contributed by atoms with Crippen LogP contribution in [0.25, 0.3) is 0 Å². The van der Waals surface area contributed by atoms with Crippen LogP contribution in [0.15, 0.2) is 77.7 Å². The largest absolute Gasteiger partial charge is 0.357 e. The number of hydrogen-bond donors (Lipinski definition) is 1. The van der Waals surface area contributed by atoms with Gasteiger partial charge in [-0.3, -0.25) is 13.9 Å². The molecule has 1 atom stereocenters. The van der Waals surface area contributed by atoms with Crippen LogP contribution in [0, 0.1) is 0 Å². The van der Waals surface area contributed by atoms with Crippen LogP contribution >= 0.6 is 23.2 Å². The lowest BCUT2D eigenvalue weighted by Gasteiger charge is -2.33. The van der Waals surface area contributed by atoms with Crippen molar-refractivity contribution >= 4 is 50.7 Å². The summed E-state index contributed by atoms with van der Waals surface area (Å²) in [5.41, 5.74) is 1.84. The fraction of sp³-hybridized carbons (Fsp3) is 0.286. The number of carbonyl (C=O) groups excluding carboxylic acids is 2. The molecule has 3 aromatic carbocycles. The van der Waals surface area contributed by atoms with E-state index in [1.165, 1.54) is 24.1 Å². The zero-order valence-corrected chi connectivity index (χ0v) is 23.9. The summed E-state index contributed by atoms with van der Waals surface area (Å²) in [5.74, 6) is -0.885. The predicted octanol–water partition coefficient (Wildman–Crippen LogP) is 5.30. The number of nitrogens with zero attached hydrogens (tertiary/aromatic N) is 2. The number of benzene rings is 3. The maximum absolute atomic E-state index is 14.0. The Kier molecular flexibility index (Phi) is 10.2. The van der Waals surface area contributed by atoms with E-state index in [4.69, 9.17) is 23.2 Å². The molecule has 0 aliphatic heterocycles. The van der Waals surface area contributed by atoms with E-state index in [0.29, 0.717) is 34.1 Å². The number of sulfonamides is 1. The molecule has 0 spiro atoms. The molecule has 1 N–H and O–H groups in total. The highest BCUT2D eigenvalue weighted by Crippen LogP contribution is 2.29. The Morgan fingerprint density at radius 2 is 1.58 bits per heavy atom. The average Bonchev–Trinajstić information content (AvgIpc) is 2.93. The smallest absolute Gasteiger partial charge is 0.264 e. The zero-order valence-electron chi connectivity index (χ0n) is 21.5. The maximum Gasteiger partial charge on any atom is 0.264 e. The lowest BCUT2D eigenvalue weighted by atomic mass is 10.1. The van der Waals surface area contributed by atoms with E-state index in [-0.39, 0.29) is 17.3 Å². The Bertz CT molecular complexity index is 1380. The van der Waals surface area contributed by atoms with Crippen LogP contribution in [0.5, 0.6) is 0 Å². The average molecular weight is 577 g/mol. The number of para-hydroxylation sites is 1. The number of aryl methyl sites for hydroxylation is 1. The third-order valence-corrected chi connectivity index (χ3v) is 8.73. The van der Waals surface area contributed by atoms with Crippen LogP contribution in [0.4, 0.5) is 5.69 Å². The minimum atomic E-state index is -4.11. The van der Waals surface area contributed by atoms with Crippen molar-refractivity contribution in [2.45, 2.75) is 44.2 Å². The number of carbonyl (C=O) groups is 2. The van der Waals surface area contributed by atoms with Crippen LogP contribution < -0.4 is 9.62 Å². The first-order chi connectivity index (χ1) is 18.1. The highest BCUT2D eigenvalue weighted by molar-refractivity contribution is 7.92. The molecule has 1 unspecified atom stereocenters. The number of halogens is 2. The summed E-state index contributed by atoms with van der Waals surface area (Å²) in [4.78, 5) is 28.2. The van der Waals surface area contributed by atoms with Crippen LogP contribution in [0.1, 0.15) is 31.4 Å². The van der Waals surface area contributed by atoms with Gasteiger partial charge < -0.3 is 10.2 Å². The van der Waals surface area contributed by atoms with Crippen molar-refractivity contribution < 1.29 is 18.0 Å². The highest BCUT2D eigenvalue weighted by atomic mass is 35.5. The van der Waals surface area contributed by atoms with Gasteiger partial charge in [-0.05, 0) is 54.3 Å². The highest BCUT2D eigenvalue weighted by Gasteiger charge is 2.34. The van der Waals surface area contributed by atoms with Crippen molar-refractivity contribution in [3.63, 3.8) is 0 Å². The molecule has 0 saturated carbocycles. The number of likely N-dealkylation sites (N-methyl/N-ethyl adjacent to an activating group) is 1. The van der Waals surface area contributed by atoms with E-state index in [9.17, 15) is 18.0 Å². The lowest BCUT2D eigenvalue weighted by Crippen LogP contribution is -2.51. The Labute approximate surface area is 234 Å². The molecule has 202 valence electrons. The van der Waals surface area contributed by atoms with Gasteiger partial charge in [-0.15, -0.1) is 0 Å². The number of anilines is 1. The molecular weight excluding hydrogens is 545 g/mol. The van der Waals surface area contributed by atoms with Gasteiger partial charge >= 0.3 is 0 Å². The first-order valence-corrected chi connectivity index (χ1v) is 14.4. The van der Waals surface area contributed by atoms with Gasteiger partial charge in [-0.2, -0.15) is 0 Å². The van der Waals surface area contributed by atoms with Crippen molar-refractivity contribution in [3.05, 3.63) is 94.0 Å². The normalized spacial score (nSPS) is 12.0. The third kappa shape index (κ3) is 6.67. The predicted molar refractivity (Wildman–Crippen MR) is 152 cm³/mol. The molecule has 10 heteroatoms. The second-order valence-electron chi connectivity index (χ2n) is 8.62. The number of rotatable bonds is 11. The topological polar surface area (TPSA) is 86.8 Å². The van der Waals surface area contributed by atoms with E-state index < -0.39 is 28.5 Å². The molecule has 0 fully saturated rings. The molecule has 2 amide bonds. The number of amides is 2. The molecule has 0 radical (unpaired) electrons.